The standard InChI is InChI=1S/C14H14N2O7/c1-14(2)22-12(17)9(13(18)23-14)7-15-10-6-8(21-3)4-5-11(10)16(19)20/h4-7,15H,1-3H3. The fraction of sp³-hybridized carbons (Fsp3) is 0.286. The Hall–Kier alpha value is -3.10. The highest BCUT2D eigenvalue weighted by atomic mass is 16.7. The van der Waals surface area contributed by atoms with Crippen LogP contribution in [0.4, 0.5) is 11.4 Å². The molecule has 0 radical (unpaired) electrons. The number of anilines is 1. The van der Waals surface area contributed by atoms with Crippen LogP contribution >= 0.6 is 0 Å². The Balaban J connectivity index is 2.30. The van der Waals surface area contributed by atoms with Crippen LogP contribution in [0.25, 0.3) is 0 Å². The topological polar surface area (TPSA) is 117 Å². The molecule has 0 bridgehead atoms. The summed E-state index contributed by atoms with van der Waals surface area (Å²) in [6.45, 7) is 2.83. The molecule has 0 spiro atoms. The third-order valence-electron chi connectivity index (χ3n) is 2.89. The number of ether oxygens (including phenoxy) is 3. The number of benzene rings is 1. The van der Waals surface area contributed by atoms with Crippen molar-refractivity contribution in [2.45, 2.75) is 19.6 Å². The first-order valence-corrected chi connectivity index (χ1v) is 6.49. The Morgan fingerprint density at radius 2 is 1.87 bits per heavy atom. The Kier molecular flexibility index (Phi) is 4.21. The van der Waals surface area contributed by atoms with E-state index in [-0.39, 0.29) is 11.4 Å². The molecule has 1 aliphatic rings. The van der Waals surface area contributed by atoms with Gasteiger partial charge in [0.2, 0.25) is 0 Å². The van der Waals surface area contributed by atoms with Crippen LogP contribution in [0, 0.1) is 10.1 Å². The Bertz CT molecular complexity index is 687. The molecule has 0 aromatic heterocycles. The van der Waals surface area contributed by atoms with E-state index in [0.717, 1.165) is 6.20 Å². The number of carbonyl (C=O) groups is 2. The first-order chi connectivity index (χ1) is 10.7. The van der Waals surface area contributed by atoms with Crippen LogP contribution < -0.4 is 10.1 Å². The van der Waals surface area contributed by atoms with E-state index in [0.29, 0.717) is 5.75 Å². The molecule has 0 atom stereocenters. The highest BCUT2D eigenvalue weighted by Gasteiger charge is 2.39. The minimum absolute atomic E-state index is 0.0484. The van der Waals surface area contributed by atoms with Crippen molar-refractivity contribution in [3.63, 3.8) is 0 Å². The molecule has 0 amide bonds. The lowest BCUT2D eigenvalue weighted by Gasteiger charge is -2.29. The Labute approximate surface area is 131 Å². The van der Waals surface area contributed by atoms with Crippen molar-refractivity contribution < 1.29 is 28.7 Å². The number of esters is 2. The van der Waals surface area contributed by atoms with Crippen LogP contribution in [0.2, 0.25) is 0 Å². The fourth-order valence-electron chi connectivity index (χ4n) is 1.85. The van der Waals surface area contributed by atoms with E-state index in [9.17, 15) is 19.7 Å². The van der Waals surface area contributed by atoms with Crippen molar-refractivity contribution >= 4 is 23.3 Å². The highest BCUT2D eigenvalue weighted by molar-refractivity contribution is 6.15. The first kappa shape index (κ1) is 16.3. The fourth-order valence-corrected chi connectivity index (χ4v) is 1.85. The maximum Gasteiger partial charge on any atom is 0.350 e. The van der Waals surface area contributed by atoms with Gasteiger partial charge >= 0.3 is 11.9 Å². The maximum absolute atomic E-state index is 11.8. The van der Waals surface area contributed by atoms with Gasteiger partial charge in [-0.25, -0.2) is 9.59 Å². The summed E-state index contributed by atoms with van der Waals surface area (Å²) < 4.78 is 14.8. The van der Waals surface area contributed by atoms with E-state index in [4.69, 9.17) is 14.2 Å². The van der Waals surface area contributed by atoms with Crippen LogP contribution in [-0.4, -0.2) is 29.8 Å². The minimum atomic E-state index is -1.35. The van der Waals surface area contributed by atoms with Crippen LogP contribution in [0.1, 0.15) is 13.8 Å². The van der Waals surface area contributed by atoms with E-state index >= 15 is 0 Å². The largest absolute Gasteiger partial charge is 0.497 e. The molecule has 122 valence electrons. The molecule has 1 aromatic rings. The number of nitrogens with one attached hydrogen (secondary N) is 1. The van der Waals surface area contributed by atoms with Gasteiger partial charge in [0, 0.05) is 32.2 Å². The monoisotopic (exact) mass is 322 g/mol. The quantitative estimate of drug-likeness (QED) is 0.293. The number of hydrogen-bond acceptors (Lipinski definition) is 8. The summed E-state index contributed by atoms with van der Waals surface area (Å²) in [6, 6.07) is 4.01. The molecule has 0 aliphatic carbocycles. The number of nitrogens with zero attached hydrogens (tertiary/aromatic N) is 1. The average molecular weight is 322 g/mol. The lowest BCUT2D eigenvalue weighted by Crippen LogP contribution is -2.42. The molecule has 0 unspecified atom stereocenters. The lowest BCUT2D eigenvalue weighted by atomic mass is 10.2. The molecule has 1 N–H and O–H groups in total. The minimum Gasteiger partial charge on any atom is -0.497 e. The van der Waals surface area contributed by atoms with Gasteiger partial charge in [0.25, 0.3) is 11.5 Å². The maximum atomic E-state index is 11.8. The molecule has 9 nitrogen and oxygen atoms in total. The molecule has 1 saturated heterocycles. The predicted octanol–water partition coefficient (Wildman–Crippen LogP) is 1.74. The van der Waals surface area contributed by atoms with Crippen LogP contribution in [0.3, 0.4) is 0 Å². The third-order valence-corrected chi connectivity index (χ3v) is 2.89. The van der Waals surface area contributed by atoms with Crippen LogP contribution in [0.5, 0.6) is 5.75 Å². The number of nitro benzene ring substituents is 1. The summed E-state index contributed by atoms with van der Waals surface area (Å²) in [5.41, 5.74) is -0.603. The highest BCUT2D eigenvalue weighted by Crippen LogP contribution is 2.29. The van der Waals surface area contributed by atoms with Crippen molar-refractivity contribution in [3.8, 4) is 5.75 Å². The van der Waals surface area contributed by atoms with E-state index in [1.54, 1.807) is 0 Å². The predicted molar refractivity (Wildman–Crippen MR) is 77.6 cm³/mol. The third kappa shape index (κ3) is 3.57. The zero-order chi connectivity index (χ0) is 17.2. The van der Waals surface area contributed by atoms with Crippen molar-refractivity contribution in [2.24, 2.45) is 0 Å². The van der Waals surface area contributed by atoms with Gasteiger partial charge in [-0.3, -0.25) is 10.1 Å². The Morgan fingerprint density at radius 3 is 2.39 bits per heavy atom. The summed E-state index contributed by atoms with van der Waals surface area (Å²) in [4.78, 5) is 34.0. The Morgan fingerprint density at radius 1 is 1.26 bits per heavy atom. The van der Waals surface area contributed by atoms with Gasteiger partial charge in [-0.2, -0.15) is 0 Å². The second-order valence-electron chi connectivity index (χ2n) is 5.02. The van der Waals surface area contributed by atoms with Gasteiger partial charge in [-0.1, -0.05) is 0 Å². The van der Waals surface area contributed by atoms with Gasteiger partial charge in [0.05, 0.1) is 12.0 Å². The number of nitro groups is 1. The summed E-state index contributed by atoms with van der Waals surface area (Å²) in [5, 5.41) is 13.5. The molecule has 23 heavy (non-hydrogen) atoms. The molecule has 9 heteroatoms. The summed E-state index contributed by atoms with van der Waals surface area (Å²) >= 11 is 0. The van der Waals surface area contributed by atoms with Crippen molar-refractivity contribution in [1.29, 1.82) is 0 Å². The number of rotatable bonds is 4. The van der Waals surface area contributed by atoms with Crippen molar-refractivity contribution in [1.82, 2.24) is 0 Å². The summed E-state index contributed by atoms with van der Waals surface area (Å²) in [6.07, 6.45) is 1.00. The zero-order valence-corrected chi connectivity index (χ0v) is 12.6. The van der Waals surface area contributed by atoms with Gasteiger partial charge in [0.15, 0.2) is 5.57 Å². The molecular formula is C14H14N2O7. The van der Waals surface area contributed by atoms with Crippen LogP contribution in [0.15, 0.2) is 30.0 Å². The molecule has 0 saturated carbocycles. The number of methoxy groups -OCH3 is 1. The average Bonchev–Trinajstić information content (AvgIpc) is 2.44. The summed E-state index contributed by atoms with van der Waals surface area (Å²) in [5.74, 6) is -2.76. The number of cyclic esters (lactones) is 2. The lowest BCUT2D eigenvalue weighted by molar-refractivity contribution is -0.383. The van der Waals surface area contributed by atoms with E-state index in [1.165, 1.54) is 39.2 Å². The second kappa shape index (κ2) is 5.95. The normalized spacial score (nSPS) is 16.2. The van der Waals surface area contributed by atoms with Gasteiger partial charge in [-0.05, 0) is 6.07 Å². The van der Waals surface area contributed by atoms with Gasteiger partial charge in [0.1, 0.15) is 11.4 Å². The first-order valence-electron chi connectivity index (χ1n) is 6.49. The number of carbonyl (C=O) groups excluding carboxylic acids is 2. The van der Waals surface area contributed by atoms with E-state index < -0.39 is 28.2 Å². The zero-order valence-electron chi connectivity index (χ0n) is 12.6. The van der Waals surface area contributed by atoms with E-state index in [1.807, 2.05) is 0 Å². The van der Waals surface area contributed by atoms with Gasteiger partial charge in [-0.15, -0.1) is 0 Å². The van der Waals surface area contributed by atoms with Crippen molar-refractivity contribution in [2.75, 3.05) is 12.4 Å². The van der Waals surface area contributed by atoms with Crippen molar-refractivity contribution in [3.05, 3.63) is 40.1 Å². The summed E-state index contributed by atoms with van der Waals surface area (Å²) in [7, 11) is 1.40. The smallest absolute Gasteiger partial charge is 0.350 e. The number of hydrogen-bond donors (Lipinski definition) is 1. The molecule has 1 heterocycles. The van der Waals surface area contributed by atoms with Gasteiger partial charge < -0.3 is 19.5 Å². The molecule has 1 aliphatic heterocycles. The van der Waals surface area contributed by atoms with Crippen LogP contribution in [-0.2, 0) is 19.1 Å². The second-order valence-corrected chi connectivity index (χ2v) is 5.02. The molecule has 2 rings (SSSR count). The SMILES string of the molecule is COc1ccc([N+](=O)[O-])c(NC=C2C(=O)OC(C)(C)OC2=O)c1. The molecule has 1 fully saturated rings. The van der Waals surface area contributed by atoms with E-state index in [2.05, 4.69) is 5.32 Å². The molecule has 1 aromatic carbocycles. The molecular weight excluding hydrogens is 308 g/mol.